The maximum Gasteiger partial charge on any atom is 0.219 e. The summed E-state index contributed by atoms with van der Waals surface area (Å²) < 4.78 is 19.4. The Hall–Kier alpha value is -3.39. The fourth-order valence-corrected chi connectivity index (χ4v) is 3.14. The molecule has 1 fully saturated rings. The van der Waals surface area contributed by atoms with Crippen LogP contribution < -0.4 is 5.32 Å². The van der Waals surface area contributed by atoms with Gasteiger partial charge in [-0.15, -0.1) is 0 Å². The van der Waals surface area contributed by atoms with Crippen molar-refractivity contribution in [2.75, 3.05) is 25.0 Å². The quantitative estimate of drug-likeness (QED) is 0.732. The Labute approximate surface area is 167 Å². The Balaban J connectivity index is 1.71. The fourth-order valence-electron chi connectivity index (χ4n) is 3.14. The van der Waals surface area contributed by atoms with E-state index in [0.717, 1.165) is 5.56 Å². The van der Waals surface area contributed by atoms with Crippen molar-refractivity contribution in [3.63, 3.8) is 0 Å². The molecule has 0 spiro atoms. The first-order valence-electron chi connectivity index (χ1n) is 9.27. The van der Waals surface area contributed by atoms with Crippen molar-refractivity contribution >= 4 is 17.4 Å². The van der Waals surface area contributed by atoms with Gasteiger partial charge in [-0.3, -0.25) is 9.78 Å². The van der Waals surface area contributed by atoms with Gasteiger partial charge in [0.15, 0.2) is 5.82 Å². The predicted octanol–water partition coefficient (Wildman–Crippen LogP) is 3.34. The maximum absolute atomic E-state index is 13.6. The van der Waals surface area contributed by atoms with E-state index in [9.17, 15) is 9.18 Å². The number of hydrogen-bond acceptors (Lipinski definition) is 6. The third-order valence-electron chi connectivity index (χ3n) is 4.60. The molecule has 29 heavy (non-hydrogen) atoms. The third-order valence-corrected chi connectivity index (χ3v) is 4.60. The van der Waals surface area contributed by atoms with Crippen LogP contribution in [0.3, 0.4) is 0 Å². The smallest absolute Gasteiger partial charge is 0.219 e. The van der Waals surface area contributed by atoms with Crippen LogP contribution in [0, 0.1) is 5.82 Å². The number of carbonyl (C=O) groups excluding carboxylic acids is 1. The van der Waals surface area contributed by atoms with Crippen LogP contribution in [0.2, 0.25) is 0 Å². The number of hydrogen-bond donors (Lipinski definition) is 1. The topological polar surface area (TPSA) is 80.2 Å². The SMILES string of the molecule is CC(=O)N1CCOC(c2nc(Nc3cccc(F)c3)cc(-c3cccnc3)n2)C1. The van der Waals surface area contributed by atoms with Crippen LogP contribution in [0.25, 0.3) is 11.3 Å². The monoisotopic (exact) mass is 393 g/mol. The van der Waals surface area contributed by atoms with E-state index in [0.29, 0.717) is 42.7 Å². The number of anilines is 2. The van der Waals surface area contributed by atoms with Crippen LogP contribution >= 0.6 is 0 Å². The number of morpholine rings is 1. The Kier molecular flexibility index (Phi) is 5.44. The molecule has 0 radical (unpaired) electrons. The summed E-state index contributed by atoms with van der Waals surface area (Å²) in [7, 11) is 0. The molecule has 1 aromatic carbocycles. The van der Waals surface area contributed by atoms with Gasteiger partial charge in [0.05, 0.1) is 18.8 Å². The fraction of sp³-hybridized carbons (Fsp3) is 0.238. The Bertz CT molecular complexity index is 1010. The van der Waals surface area contributed by atoms with Crippen LogP contribution in [0.4, 0.5) is 15.9 Å². The number of halogens is 1. The molecule has 2 aromatic heterocycles. The molecule has 4 rings (SSSR count). The van der Waals surface area contributed by atoms with Crippen LogP contribution in [0.15, 0.2) is 54.9 Å². The first-order valence-corrected chi connectivity index (χ1v) is 9.27. The normalized spacial score (nSPS) is 16.5. The van der Waals surface area contributed by atoms with E-state index in [1.54, 1.807) is 35.5 Å². The summed E-state index contributed by atoms with van der Waals surface area (Å²) in [6.07, 6.45) is 2.95. The number of amides is 1. The van der Waals surface area contributed by atoms with E-state index < -0.39 is 6.10 Å². The van der Waals surface area contributed by atoms with Crippen molar-refractivity contribution in [3.8, 4) is 11.3 Å². The zero-order valence-electron chi connectivity index (χ0n) is 15.9. The zero-order chi connectivity index (χ0) is 20.2. The zero-order valence-corrected chi connectivity index (χ0v) is 15.9. The summed E-state index contributed by atoms with van der Waals surface area (Å²) >= 11 is 0. The lowest BCUT2D eigenvalue weighted by Crippen LogP contribution is -2.41. The average Bonchev–Trinajstić information content (AvgIpc) is 2.74. The number of carbonyl (C=O) groups is 1. The first kappa shape index (κ1) is 18.9. The number of rotatable bonds is 4. The summed E-state index contributed by atoms with van der Waals surface area (Å²) in [4.78, 5) is 26.9. The van der Waals surface area contributed by atoms with Crippen LogP contribution in [0.5, 0.6) is 0 Å². The second kappa shape index (κ2) is 8.32. The number of ether oxygens (including phenoxy) is 1. The minimum absolute atomic E-state index is 0.0141. The van der Waals surface area contributed by atoms with Gasteiger partial charge in [-0.1, -0.05) is 6.07 Å². The molecule has 0 bridgehead atoms. The minimum atomic E-state index is -0.447. The van der Waals surface area contributed by atoms with Crippen LogP contribution in [0.1, 0.15) is 18.9 Å². The third kappa shape index (κ3) is 4.55. The van der Waals surface area contributed by atoms with Crippen molar-refractivity contribution < 1.29 is 13.9 Å². The molecule has 1 aliphatic rings. The molecule has 3 aromatic rings. The molecule has 1 saturated heterocycles. The van der Waals surface area contributed by atoms with Crippen molar-refractivity contribution in [1.82, 2.24) is 19.9 Å². The standard InChI is InChI=1S/C21H20FN5O2/c1-14(28)27-8-9-29-19(13-27)21-25-18(15-4-3-7-23-12-15)11-20(26-21)24-17-6-2-5-16(22)10-17/h2-7,10-12,19H,8-9,13H2,1H3,(H,24,25,26). The lowest BCUT2D eigenvalue weighted by molar-refractivity contribution is -0.136. The highest BCUT2D eigenvalue weighted by Crippen LogP contribution is 2.26. The number of nitrogens with zero attached hydrogens (tertiary/aromatic N) is 4. The Morgan fingerprint density at radius 1 is 1.24 bits per heavy atom. The van der Waals surface area contributed by atoms with Gasteiger partial charge < -0.3 is 15.0 Å². The van der Waals surface area contributed by atoms with Crippen molar-refractivity contribution in [1.29, 1.82) is 0 Å². The predicted molar refractivity (Wildman–Crippen MR) is 106 cm³/mol. The summed E-state index contributed by atoms with van der Waals surface area (Å²) in [6, 6.07) is 11.6. The molecule has 1 amide bonds. The van der Waals surface area contributed by atoms with Crippen molar-refractivity contribution in [2.45, 2.75) is 13.0 Å². The number of pyridine rings is 1. The molecule has 148 valence electrons. The molecule has 7 nitrogen and oxygen atoms in total. The van der Waals surface area contributed by atoms with Gasteiger partial charge in [0.2, 0.25) is 5.91 Å². The largest absolute Gasteiger partial charge is 0.367 e. The average molecular weight is 393 g/mol. The first-order chi connectivity index (χ1) is 14.1. The van der Waals surface area contributed by atoms with Crippen molar-refractivity contribution in [3.05, 3.63) is 66.5 Å². The van der Waals surface area contributed by atoms with Gasteiger partial charge in [0.25, 0.3) is 0 Å². The van der Waals surface area contributed by atoms with Gasteiger partial charge in [0, 0.05) is 43.2 Å². The van der Waals surface area contributed by atoms with Gasteiger partial charge in [0.1, 0.15) is 17.7 Å². The second-order valence-corrected chi connectivity index (χ2v) is 6.70. The second-order valence-electron chi connectivity index (χ2n) is 6.70. The summed E-state index contributed by atoms with van der Waals surface area (Å²) in [5, 5.41) is 3.12. The van der Waals surface area contributed by atoms with E-state index in [1.165, 1.54) is 19.1 Å². The molecule has 3 heterocycles. The molecule has 0 aliphatic carbocycles. The molecular formula is C21H20FN5O2. The van der Waals surface area contributed by atoms with Gasteiger partial charge in [-0.05, 0) is 30.3 Å². The molecule has 0 saturated carbocycles. The maximum atomic E-state index is 13.6. The van der Waals surface area contributed by atoms with Gasteiger partial charge in [-0.2, -0.15) is 0 Å². The number of aromatic nitrogens is 3. The highest BCUT2D eigenvalue weighted by molar-refractivity contribution is 5.73. The van der Waals surface area contributed by atoms with E-state index in [-0.39, 0.29) is 11.7 Å². The van der Waals surface area contributed by atoms with E-state index in [2.05, 4.69) is 20.3 Å². The minimum Gasteiger partial charge on any atom is -0.367 e. The molecule has 8 heteroatoms. The molecule has 1 unspecified atom stereocenters. The summed E-state index contributed by atoms with van der Waals surface area (Å²) in [5.41, 5.74) is 2.05. The van der Waals surface area contributed by atoms with Crippen LogP contribution in [-0.4, -0.2) is 45.5 Å². The van der Waals surface area contributed by atoms with Crippen LogP contribution in [-0.2, 0) is 9.53 Å². The number of benzene rings is 1. The van der Waals surface area contributed by atoms with Crippen molar-refractivity contribution in [2.24, 2.45) is 0 Å². The Morgan fingerprint density at radius 2 is 2.14 bits per heavy atom. The lowest BCUT2D eigenvalue weighted by atomic mass is 10.2. The highest BCUT2D eigenvalue weighted by atomic mass is 19.1. The van der Waals surface area contributed by atoms with Gasteiger partial charge >= 0.3 is 0 Å². The molecule has 1 aliphatic heterocycles. The highest BCUT2D eigenvalue weighted by Gasteiger charge is 2.26. The molecule has 1 atom stereocenters. The van der Waals surface area contributed by atoms with E-state index in [1.807, 2.05) is 12.1 Å². The van der Waals surface area contributed by atoms with E-state index in [4.69, 9.17) is 4.74 Å². The lowest BCUT2D eigenvalue weighted by Gasteiger charge is -2.31. The molecular weight excluding hydrogens is 373 g/mol. The number of nitrogens with one attached hydrogen (secondary N) is 1. The van der Waals surface area contributed by atoms with E-state index >= 15 is 0 Å². The summed E-state index contributed by atoms with van der Waals surface area (Å²) in [5.74, 6) is 0.600. The Morgan fingerprint density at radius 3 is 2.90 bits per heavy atom. The molecule has 1 N–H and O–H groups in total. The van der Waals surface area contributed by atoms with Gasteiger partial charge in [-0.25, -0.2) is 14.4 Å². The summed E-state index contributed by atoms with van der Waals surface area (Å²) in [6.45, 7) is 2.87.